The Morgan fingerprint density at radius 2 is 1.46 bits per heavy atom. The molecule has 1 aromatic rings. The normalized spacial score (nSPS) is 15.2. The third kappa shape index (κ3) is 9.97. The fourth-order valence-corrected chi connectivity index (χ4v) is 5.77. The van der Waals surface area contributed by atoms with Crippen LogP contribution in [0.3, 0.4) is 0 Å². The molecule has 0 aliphatic carbocycles. The summed E-state index contributed by atoms with van der Waals surface area (Å²) in [5.41, 5.74) is 6.93. The van der Waals surface area contributed by atoms with Gasteiger partial charge in [0.2, 0.25) is 17.7 Å². The van der Waals surface area contributed by atoms with Crippen molar-refractivity contribution in [1.82, 2.24) is 14.7 Å². The van der Waals surface area contributed by atoms with Crippen molar-refractivity contribution < 1.29 is 53.8 Å². The number of hydrogen-bond donors (Lipinski definition) is 3. The van der Waals surface area contributed by atoms with Gasteiger partial charge >= 0.3 is 23.9 Å². The van der Waals surface area contributed by atoms with E-state index in [4.69, 9.17) is 10.6 Å². The zero-order valence-electron chi connectivity index (χ0n) is 27.8. The predicted molar refractivity (Wildman–Crippen MR) is 172 cm³/mol. The number of carbonyl (C=O) groups is 7. The number of nitro groups is 1. The number of non-ortho nitro benzene ring substituents is 1. The van der Waals surface area contributed by atoms with Gasteiger partial charge in [0.05, 0.1) is 4.92 Å². The summed E-state index contributed by atoms with van der Waals surface area (Å²) in [7, 11) is 0. The molecule has 272 valence electrons. The molecule has 0 spiro atoms. The van der Waals surface area contributed by atoms with Crippen LogP contribution in [0.2, 0.25) is 0 Å². The standard InChI is InChI=1S/C31H41N7O12/c1-3-31(4-2)28(46)36(30(48)37(29(31)47)23(27(44)45)15-16-25(40)41)22(26(42)43)9-6-8-18-35(24(39)10-5-7-17-33-34-32)19-20-11-13-21(14-12-20)38(49)50/h11-14,22-23H,3-10,15-19H2,1-2H3,(H,40,41)(H,42,43)(H,44,45)/t22-,23-/m0/s1. The minimum atomic E-state index is -1.97. The van der Waals surface area contributed by atoms with Crippen molar-refractivity contribution in [3.63, 3.8) is 0 Å². The molecule has 0 bridgehead atoms. The highest BCUT2D eigenvalue weighted by Gasteiger charge is 2.59. The number of rotatable bonds is 22. The lowest BCUT2D eigenvalue weighted by Crippen LogP contribution is -2.70. The van der Waals surface area contributed by atoms with Crippen LogP contribution in [0.5, 0.6) is 0 Å². The van der Waals surface area contributed by atoms with Crippen LogP contribution in [0.4, 0.5) is 10.5 Å². The largest absolute Gasteiger partial charge is 0.481 e. The topological polar surface area (TPSA) is 282 Å². The van der Waals surface area contributed by atoms with Gasteiger partial charge in [-0.25, -0.2) is 24.2 Å². The smallest absolute Gasteiger partial charge is 0.335 e. The summed E-state index contributed by atoms with van der Waals surface area (Å²) in [4.78, 5) is 105. The number of hydrogen-bond acceptors (Lipinski definition) is 10. The molecule has 0 radical (unpaired) electrons. The summed E-state index contributed by atoms with van der Waals surface area (Å²) in [6, 6.07) is 0.304. The van der Waals surface area contributed by atoms with Crippen molar-refractivity contribution in [3.8, 4) is 0 Å². The van der Waals surface area contributed by atoms with E-state index in [9.17, 15) is 53.9 Å². The molecule has 1 aromatic carbocycles. The van der Waals surface area contributed by atoms with Crippen LogP contribution in [0.1, 0.15) is 83.6 Å². The fraction of sp³-hybridized carbons (Fsp3) is 0.581. The average Bonchev–Trinajstić information content (AvgIpc) is 3.06. The molecular weight excluding hydrogens is 662 g/mol. The van der Waals surface area contributed by atoms with Gasteiger partial charge in [0, 0.05) is 49.5 Å². The molecule has 1 aliphatic rings. The molecule has 0 saturated carbocycles. The number of urea groups is 1. The van der Waals surface area contributed by atoms with Crippen LogP contribution >= 0.6 is 0 Å². The molecule has 1 aliphatic heterocycles. The van der Waals surface area contributed by atoms with E-state index in [2.05, 4.69) is 10.0 Å². The Bertz CT molecular complexity index is 1510. The minimum Gasteiger partial charge on any atom is -0.481 e. The number of azide groups is 1. The Labute approximate surface area is 286 Å². The van der Waals surface area contributed by atoms with E-state index in [0.29, 0.717) is 28.2 Å². The van der Waals surface area contributed by atoms with Crippen LogP contribution in [0.15, 0.2) is 29.4 Å². The Morgan fingerprint density at radius 1 is 0.900 bits per heavy atom. The van der Waals surface area contributed by atoms with Crippen molar-refractivity contribution in [3.05, 3.63) is 50.4 Å². The molecule has 0 unspecified atom stereocenters. The number of carbonyl (C=O) groups excluding carboxylic acids is 4. The van der Waals surface area contributed by atoms with Crippen molar-refractivity contribution in [2.75, 3.05) is 13.1 Å². The van der Waals surface area contributed by atoms with E-state index >= 15 is 0 Å². The number of carboxylic acid groups (broad SMARTS) is 3. The lowest BCUT2D eigenvalue weighted by Gasteiger charge is -2.46. The first-order valence-electron chi connectivity index (χ1n) is 16.1. The Hall–Kier alpha value is -5.58. The molecule has 3 N–H and O–H groups in total. The van der Waals surface area contributed by atoms with E-state index in [1.165, 1.54) is 43.0 Å². The highest BCUT2D eigenvalue weighted by molar-refractivity contribution is 6.21. The number of benzene rings is 1. The number of nitro benzene ring substituents is 1. The second-order valence-corrected chi connectivity index (χ2v) is 11.7. The second-order valence-electron chi connectivity index (χ2n) is 11.7. The monoisotopic (exact) mass is 703 g/mol. The molecule has 2 rings (SSSR count). The predicted octanol–water partition coefficient (Wildman–Crippen LogP) is 3.94. The summed E-state index contributed by atoms with van der Waals surface area (Å²) < 4.78 is 0. The van der Waals surface area contributed by atoms with Crippen molar-refractivity contribution in [1.29, 1.82) is 0 Å². The Kier molecular flexibility index (Phi) is 15.3. The number of unbranched alkanes of at least 4 members (excludes halogenated alkanes) is 2. The number of nitrogens with zero attached hydrogens (tertiary/aromatic N) is 7. The summed E-state index contributed by atoms with van der Waals surface area (Å²) in [6.07, 6.45) is -0.915. The summed E-state index contributed by atoms with van der Waals surface area (Å²) in [6.45, 7) is 3.28. The van der Waals surface area contributed by atoms with Gasteiger partial charge in [-0.1, -0.05) is 31.1 Å². The average molecular weight is 704 g/mol. The maximum absolute atomic E-state index is 13.8. The third-order valence-corrected chi connectivity index (χ3v) is 8.69. The SMILES string of the molecule is CCC1(CC)C(=O)N([C@@H](CCCCN(Cc2ccc([N+](=O)[O-])cc2)C(=O)CCCCN=[N+]=[N-])C(=O)O)C(=O)N([C@@H](CCC(=O)O)C(=O)O)C1=O. The first-order chi connectivity index (χ1) is 23.7. The molecule has 19 heteroatoms. The highest BCUT2D eigenvalue weighted by atomic mass is 16.6. The lowest BCUT2D eigenvalue weighted by molar-refractivity contribution is -0.384. The molecular formula is C31H41N7O12. The molecule has 5 amide bonds. The summed E-state index contributed by atoms with van der Waals surface area (Å²) >= 11 is 0. The first-order valence-corrected chi connectivity index (χ1v) is 16.1. The maximum atomic E-state index is 13.8. The molecule has 1 fully saturated rings. The van der Waals surface area contributed by atoms with E-state index in [-0.39, 0.29) is 69.8 Å². The van der Waals surface area contributed by atoms with Crippen LogP contribution in [0.25, 0.3) is 10.4 Å². The summed E-state index contributed by atoms with van der Waals surface area (Å²) in [5, 5.41) is 43.6. The minimum absolute atomic E-state index is 0.0511. The summed E-state index contributed by atoms with van der Waals surface area (Å²) in [5.74, 6) is -7.22. The van der Waals surface area contributed by atoms with Gasteiger partial charge in [-0.05, 0) is 62.5 Å². The van der Waals surface area contributed by atoms with Crippen molar-refractivity contribution in [2.24, 2.45) is 10.5 Å². The van der Waals surface area contributed by atoms with Gasteiger partial charge in [-0.15, -0.1) is 0 Å². The molecule has 1 heterocycles. The zero-order valence-corrected chi connectivity index (χ0v) is 27.8. The molecule has 19 nitrogen and oxygen atoms in total. The van der Waals surface area contributed by atoms with Gasteiger partial charge in [0.15, 0.2) is 0 Å². The lowest BCUT2D eigenvalue weighted by atomic mass is 9.77. The van der Waals surface area contributed by atoms with E-state index < -0.39 is 71.0 Å². The van der Waals surface area contributed by atoms with Crippen LogP contribution in [-0.2, 0) is 35.3 Å². The van der Waals surface area contributed by atoms with Gasteiger partial charge < -0.3 is 20.2 Å². The van der Waals surface area contributed by atoms with E-state index in [1.807, 2.05) is 0 Å². The third-order valence-electron chi connectivity index (χ3n) is 8.69. The van der Waals surface area contributed by atoms with Crippen LogP contribution in [-0.4, -0.2) is 102 Å². The van der Waals surface area contributed by atoms with Crippen molar-refractivity contribution in [2.45, 2.75) is 96.7 Å². The fourth-order valence-electron chi connectivity index (χ4n) is 5.77. The Balaban J connectivity index is 2.32. The van der Waals surface area contributed by atoms with Gasteiger partial charge in [0.1, 0.15) is 17.5 Å². The number of carboxylic acids is 3. The van der Waals surface area contributed by atoms with Gasteiger partial charge in [-0.3, -0.25) is 29.3 Å². The first kappa shape index (κ1) is 40.6. The number of aliphatic carboxylic acids is 3. The van der Waals surface area contributed by atoms with Gasteiger partial charge in [-0.2, -0.15) is 0 Å². The molecule has 2 atom stereocenters. The molecule has 50 heavy (non-hydrogen) atoms. The highest BCUT2D eigenvalue weighted by Crippen LogP contribution is 2.39. The number of barbiturate groups is 1. The molecule has 0 aromatic heterocycles. The second kappa shape index (κ2) is 18.8. The maximum Gasteiger partial charge on any atom is 0.335 e. The van der Waals surface area contributed by atoms with Crippen LogP contribution in [0, 0.1) is 15.5 Å². The van der Waals surface area contributed by atoms with Gasteiger partial charge in [0.25, 0.3) is 5.69 Å². The van der Waals surface area contributed by atoms with Crippen LogP contribution < -0.4 is 0 Å². The van der Waals surface area contributed by atoms with Crippen molar-refractivity contribution >= 4 is 47.3 Å². The Morgan fingerprint density at radius 3 is 1.94 bits per heavy atom. The molecule has 1 saturated heterocycles. The quantitative estimate of drug-likeness (QED) is 0.0294. The number of imide groups is 2. The van der Waals surface area contributed by atoms with E-state index in [0.717, 1.165) is 0 Å². The number of amides is 5. The van der Waals surface area contributed by atoms with E-state index in [1.54, 1.807) is 0 Å². The zero-order chi connectivity index (χ0) is 37.6.